The lowest BCUT2D eigenvalue weighted by Gasteiger charge is -2.15. The Balaban J connectivity index is 3.22. The van der Waals surface area contributed by atoms with Crippen molar-refractivity contribution in [3.05, 3.63) is 34.1 Å². The Kier molecular flexibility index (Phi) is 5.54. The Bertz CT molecular complexity index is 590. The van der Waals surface area contributed by atoms with Gasteiger partial charge in [-0.3, -0.25) is 10.1 Å². The third-order valence-corrected chi connectivity index (χ3v) is 4.27. The van der Waals surface area contributed by atoms with Crippen LogP contribution in [0.25, 0.3) is 0 Å². The average Bonchev–Trinajstić information content (AvgIpc) is 2.37. The third kappa shape index (κ3) is 3.71. The number of benzene rings is 1. The van der Waals surface area contributed by atoms with Crippen LogP contribution in [0.1, 0.15) is 19.8 Å². The molecule has 1 unspecified atom stereocenters. The highest BCUT2D eigenvalue weighted by atomic mass is 32.2. The minimum atomic E-state index is -4.23. The number of hydrogen-bond donors (Lipinski definition) is 2. The molecule has 0 spiro atoms. The Labute approximate surface area is 115 Å². The highest BCUT2D eigenvalue weighted by Crippen LogP contribution is 2.26. The Morgan fingerprint density at radius 1 is 1.50 bits per heavy atom. The first-order valence-corrected chi connectivity index (χ1v) is 7.38. The van der Waals surface area contributed by atoms with E-state index >= 15 is 0 Å². The number of rotatable bonds is 7. The number of nitro groups is 1. The van der Waals surface area contributed by atoms with Crippen molar-refractivity contribution >= 4 is 15.7 Å². The second-order valence-corrected chi connectivity index (χ2v) is 5.76. The van der Waals surface area contributed by atoms with Gasteiger partial charge in [-0.25, -0.2) is 13.1 Å². The Hall–Kier alpha value is -1.58. The molecule has 20 heavy (non-hydrogen) atoms. The quantitative estimate of drug-likeness (QED) is 0.580. The van der Waals surface area contributed by atoms with Crippen LogP contribution in [0, 0.1) is 15.9 Å². The maximum Gasteiger partial charge on any atom is 0.324 e. The number of aliphatic hydroxyl groups is 1. The summed E-state index contributed by atoms with van der Waals surface area (Å²) in [6, 6.07) is 2.30. The maximum absolute atomic E-state index is 13.4. The smallest absolute Gasteiger partial charge is 0.324 e. The van der Waals surface area contributed by atoms with Crippen LogP contribution in [0.2, 0.25) is 0 Å². The molecule has 0 saturated carbocycles. The van der Waals surface area contributed by atoms with Gasteiger partial charge in [0, 0.05) is 12.6 Å². The SMILES string of the molecule is CCC(CCO)NS(=O)(=O)c1cccc(F)c1[N+](=O)[O-]. The summed E-state index contributed by atoms with van der Waals surface area (Å²) in [4.78, 5) is 9.01. The van der Waals surface area contributed by atoms with Gasteiger partial charge in [0.2, 0.25) is 15.8 Å². The molecular weight excluding hydrogens is 291 g/mol. The van der Waals surface area contributed by atoms with Crippen molar-refractivity contribution < 1.29 is 22.8 Å². The van der Waals surface area contributed by atoms with Crippen molar-refractivity contribution in [1.29, 1.82) is 0 Å². The predicted molar refractivity (Wildman–Crippen MR) is 69.2 cm³/mol. The van der Waals surface area contributed by atoms with E-state index < -0.39 is 37.4 Å². The highest BCUT2D eigenvalue weighted by Gasteiger charge is 2.30. The topological polar surface area (TPSA) is 110 Å². The van der Waals surface area contributed by atoms with Gasteiger partial charge in [-0.1, -0.05) is 13.0 Å². The highest BCUT2D eigenvalue weighted by molar-refractivity contribution is 7.89. The van der Waals surface area contributed by atoms with Gasteiger partial charge < -0.3 is 5.11 Å². The predicted octanol–water partition coefficient (Wildman–Crippen LogP) is 1.17. The first kappa shape index (κ1) is 16.5. The zero-order valence-corrected chi connectivity index (χ0v) is 11.6. The van der Waals surface area contributed by atoms with Crippen molar-refractivity contribution in [2.24, 2.45) is 0 Å². The van der Waals surface area contributed by atoms with Crippen molar-refractivity contribution in [2.75, 3.05) is 6.61 Å². The van der Waals surface area contributed by atoms with Gasteiger partial charge in [0.25, 0.3) is 0 Å². The molecular formula is C11H15FN2O5S. The van der Waals surface area contributed by atoms with Gasteiger partial charge in [-0.15, -0.1) is 0 Å². The number of aliphatic hydroxyl groups excluding tert-OH is 1. The molecule has 1 atom stereocenters. The molecule has 112 valence electrons. The van der Waals surface area contributed by atoms with E-state index in [9.17, 15) is 22.9 Å². The molecule has 0 aliphatic rings. The summed E-state index contributed by atoms with van der Waals surface area (Å²) < 4.78 is 39.8. The van der Waals surface area contributed by atoms with Crippen LogP contribution in [0.4, 0.5) is 10.1 Å². The molecule has 0 heterocycles. The molecule has 7 nitrogen and oxygen atoms in total. The molecule has 0 aliphatic carbocycles. The minimum Gasteiger partial charge on any atom is -0.396 e. The lowest BCUT2D eigenvalue weighted by molar-refractivity contribution is -0.390. The Morgan fingerprint density at radius 2 is 2.15 bits per heavy atom. The van der Waals surface area contributed by atoms with E-state index in [2.05, 4.69) is 4.72 Å². The zero-order valence-electron chi connectivity index (χ0n) is 10.7. The van der Waals surface area contributed by atoms with Gasteiger partial charge in [0.1, 0.15) is 0 Å². The second kappa shape index (κ2) is 6.73. The molecule has 1 aromatic carbocycles. The number of nitrogens with zero attached hydrogens (tertiary/aromatic N) is 1. The van der Waals surface area contributed by atoms with Gasteiger partial charge in [-0.05, 0) is 25.0 Å². The number of halogens is 1. The number of nitrogens with one attached hydrogen (secondary N) is 1. The minimum absolute atomic E-state index is 0.166. The molecule has 0 amide bonds. The monoisotopic (exact) mass is 306 g/mol. The first-order chi connectivity index (χ1) is 9.33. The summed E-state index contributed by atoms with van der Waals surface area (Å²) in [5.74, 6) is -1.21. The summed E-state index contributed by atoms with van der Waals surface area (Å²) in [5.41, 5.74) is -1.08. The number of para-hydroxylation sites is 1. The second-order valence-electron chi connectivity index (χ2n) is 4.08. The molecule has 1 aromatic rings. The fraction of sp³-hybridized carbons (Fsp3) is 0.455. The van der Waals surface area contributed by atoms with Crippen LogP contribution in [0.3, 0.4) is 0 Å². The van der Waals surface area contributed by atoms with E-state index in [-0.39, 0.29) is 13.0 Å². The van der Waals surface area contributed by atoms with E-state index in [4.69, 9.17) is 5.11 Å². The third-order valence-electron chi connectivity index (χ3n) is 2.71. The van der Waals surface area contributed by atoms with Gasteiger partial charge in [-0.2, -0.15) is 4.39 Å². The molecule has 0 bridgehead atoms. The molecule has 0 aliphatic heterocycles. The van der Waals surface area contributed by atoms with Crippen LogP contribution in [-0.4, -0.2) is 31.1 Å². The molecule has 0 saturated heterocycles. The van der Waals surface area contributed by atoms with Crippen LogP contribution < -0.4 is 4.72 Å². The average molecular weight is 306 g/mol. The number of sulfonamides is 1. The maximum atomic E-state index is 13.4. The van der Waals surface area contributed by atoms with Crippen molar-refractivity contribution in [1.82, 2.24) is 4.72 Å². The fourth-order valence-corrected chi connectivity index (χ4v) is 3.21. The van der Waals surface area contributed by atoms with Crippen molar-refractivity contribution in [2.45, 2.75) is 30.7 Å². The number of hydrogen-bond acceptors (Lipinski definition) is 5. The van der Waals surface area contributed by atoms with Crippen LogP contribution >= 0.6 is 0 Å². The summed E-state index contributed by atoms with van der Waals surface area (Å²) in [7, 11) is -4.23. The van der Waals surface area contributed by atoms with Crippen molar-refractivity contribution in [3.8, 4) is 0 Å². The van der Waals surface area contributed by atoms with E-state index in [1.807, 2.05) is 0 Å². The Morgan fingerprint density at radius 3 is 2.65 bits per heavy atom. The molecule has 0 aromatic heterocycles. The van der Waals surface area contributed by atoms with Gasteiger partial charge in [0.15, 0.2) is 4.90 Å². The fourth-order valence-electron chi connectivity index (χ4n) is 1.67. The van der Waals surface area contributed by atoms with E-state index in [0.717, 1.165) is 18.2 Å². The van der Waals surface area contributed by atoms with Crippen LogP contribution in [0.15, 0.2) is 23.1 Å². The molecule has 2 N–H and O–H groups in total. The van der Waals surface area contributed by atoms with Gasteiger partial charge in [0.05, 0.1) is 4.92 Å². The molecule has 0 fully saturated rings. The molecule has 0 radical (unpaired) electrons. The van der Waals surface area contributed by atoms with Crippen LogP contribution in [0.5, 0.6) is 0 Å². The standard InChI is InChI=1S/C11H15FN2O5S/c1-2-8(6-7-15)13-20(18,19)10-5-3-4-9(12)11(10)14(16)17/h3-5,8,13,15H,2,6-7H2,1H3. The first-order valence-electron chi connectivity index (χ1n) is 5.89. The summed E-state index contributed by atoms with van der Waals surface area (Å²) in [6.45, 7) is 1.47. The summed E-state index contributed by atoms with van der Waals surface area (Å²) in [5, 5.41) is 19.6. The van der Waals surface area contributed by atoms with Crippen molar-refractivity contribution in [3.63, 3.8) is 0 Å². The lowest BCUT2D eigenvalue weighted by atomic mass is 10.2. The van der Waals surface area contributed by atoms with E-state index in [1.54, 1.807) is 6.92 Å². The van der Waals surface area contributed by atoms with E-state index in [0.29, 0.717) is 6.42 Å². The summed E-state index contributed by atoms with van der Waals surface area (Å²) >= 11 is 0. The summed E-state index contributed by atoms with van der Waals surface area (Å²) in [6.07, 6.45) is 0.557. The normalized spacial score (nSPS) is 13.2. The van der Waals surface area contributed by atoms with E-state index in [1.165, 1.54) is 0 Å². The molecule has 9 heteroatoms. The largest absolute Gasteiger partial charge is 0.396 e. The van der Waals surface area contributed by atoms with Gasteiger partial charge >= 0.3 is 5.69 Å². The zero-order chi connectivity index (χ0) is 15.3. The molecule has 1 rings (SSSR count). The number of nitro benzene ring substituents is 1. The lowest BCUT2D eigenvalue weighted by Crippen LogP contribution is -2.35. The van der Waals surface area contributed by atoms with Crippen LogP contribution in [-0.2, 0) is 10.0 Å².